The first-order valence-electron chi connectivity index (χ1n) is 8.79. The minimum absolute atomic E-state index is 0.0758. The lowest BCUT2D eigenvalue weighted by molar-refractivity contribution is 0.171. The Bertz CT molecular complexity index is 691. The van der Waals surface area contributed by atoms with E-state index in [1.807, 2.05) is 17.0 Å². The highest BCUT2D eigenvalue weighted by Crippen LogP contribution is 2.29. The van der Waals surface area contributed by atoms with E-state index in [2.05, 4.69) is 28.9 Å². The summed E-state index contributed by atoms with van der Waals surface area (Å²) in [5.74, 6) is 1.11. The summed E-state index contributed by atoms with van der Waals surface area (Å²) in [7, 11) is 0. The van der Waals surface area contributed by atoms with Crippen LogP contribution in [-0.4, -0.2) is 46.8 Å². The van der Waals surface area contributed by atoms with Crippen LogP contribution in [0, 0.1) is 0 Å². The molecule has 2 heterocycles. The molecule has 0 radical (unpaired) electrons. The predicted molar refractivity (Wildman–Crippen MR) is 92.9 cm³/mol. The largest absolute Gasteiger partial charge is 0.338 e. The standard InChI is InChI=1S/C18H25FN4O/c1-2-17-21-15-6-3-4-7-16(15)23(17)14-8-12-22(13-9-14)18(24)20-11-5-10-19/h3-4,6-7,14H,2,5,8-13H2,1H3,(H,20,24). The van der Waals surface area contributed by atoms with E-state index in [0.29, 0.717) is 19.0 Å². The first kappa shape index (κ1) is 16.7. The van der Waals surface area contributed by atoms with Gasteiger partial charge < -0.3 is 14.8 Å². The van der Waals surface area contributed by atoms with E-state index in [9.17, 15) is 9.18 Å². The molecule has 1 fully saturated rings. The van der Waals surface area contributed by atoms with Crippen molar-refractivity contribution in [2.75, 3.05) is 26.3 Å². The van der Waals surface area contributed by atoms with Gasteiger partial charge in [0.25, 0.3) is 0 Å². The molecule has 6 heteroatoms. The third-order valence-corrected chi connectivity index (χ3v) is 4.69. The number of imidazole rings is 1. The Hall–Kier alpha value is -2.11. The molecule has 1 aliphatic rings. The van der Waals surface area contributed by atoms with Gasteiger partial charge in [-0.25, -0.2) is 9.78 Å². The Kier molecular flexibility index (Phi) is 5.33. The zero-order chi connectivity index (χ0) is 16.9. The fraction of sp³-hybridized carbons (Fsp3) is 0.556. The Labute approximate surface area is 141 Å². The van der Waals surface area contributed by atoms with Gasteiger partial charge in [0.05, 0.1) is 17.7 Å². The number of hydrogen-bond donors (Lipinski definition) is 1. The lowest BCUT2D eigenvalue weighted by Crippen LogP contribution is -2.45. The zero-order valence-corrected chi connectivity index (χ0v) is 14.2. The van der Waals surface area contributed by atoms with E-state index in [4.69, 9.17) is 4.98 Å². The van der Waals surface area contributed by atoms with E-state index < -0.39 is 6.67 Å². The van der Waals surface area contributed by atoms with Crippen molar-refractivity contribution in [3.05, 3.63) is 30.1 Å². The van der Waals surface area contributed by atoms with Gasteiger partial charge in [-0.3, -0.25) is 4.39 Å². The molecule has 130 valence electrons. The van der Waals surface area contributed by atoms with E-state index in [-0.39, 0.29) is 6.03 Å². The highest BCUT2D eigenvalue weighted by Gasteiger charge is 2.26. The average molecular weight is 332 g/mol. The number of piperidine rings is 1. The molecule has 0 bridgehead atoms. The van der Waals surface area contributed by atoms with Crippen LogP contribution in [0.4, 0.5) is 9.18 Å². The van der Waals surface area contributed by atoms with Crippen molar-refractivity contribution < 1.29 is 9.18 Å². The molecule has 2 amide bonds. The predicted octanol–water partition coefficient (Wildman–Crippen LogP) is 3.30. The number of likely N-dealkylation sites (tertiary alicyclic amines) is 1. The van der Waals surface area contributed by atoms with Crippen molar-refractivity contribution in [2.24, 2.45) is 0 Å². The number of nitrogens with zero attached hydrogens (tertiary/aromatic N) is 3. The van der Waals surface area contributed by atoms with Crippen molar-refractivity contribution in [2.45, 2.75) is 38.6 Å². The van der Waals surface area contributed by atoms with Crippen molar-refractivity contribution >= 4 is 17.1 Å². The van der Waals surface area contributed by atoms with Crippen LogP contribution in [0.2, 0.25) is 0 Å². The second kappa shape index (κ2) is 7.64. The van der Waals surface area contributed by atoms with Gasteiger partial charge in [0, 0.05) is 32.1 Å². The molecule has 0 atom stereocenters. The van der Waals surface area contributed by atoms with Gasteiger partial charge in [-0.1, -0.05) is 19.1 Å². The van der Waals surface area contributed by atoms with Gasteiger partial charge in [-0.2, -0.15) is 0 Å². The topological polar surface area (TPSA) is 50.2 Å². The van der Waals surface area contributed by atoms with Crippen LogP contribution in [0.25, 0.3) is 11.0 Å². The summed E-state index contributed by atoms with van der Waals surface area (Å²) >= 11 is 0. The number of nitrogens with one attached hydrogen (secondary N) is 1. The van der Waals surface area contributed by atoms with Crippen molar-refractivity contribution in [1.82, 2.24) is 19.8 Å². The Morgan fingerprint density at radius 3 is 2.79 bits per heavy atom. The highest BCUT2D eigenvalue weighted by molar-refractivity contribution is 5.76. The normalized spacial score (nSPS) is 15.8. The van der Waals surface area contributed by atoms with Crippen LogP contribution in [0.3, 0.4) is 0 Å². The number of benzene rings is 1. The van der Waals surface area contributed by atoms with Gasteiger partial charge in [-0.15, -0.1) is 0 Å². The molecular formula is C18H25FN4O. The summed E-state index contributed by atoms with van der Waals surface area (Å²) in [6.45, 7) is 3.59. The van der Waals surface area contributed by atoms with Crippen LogP contribution in [0.5, 0.6) is 0 Å². The lowest BCUT2D eigenvalue weighted by Gasteiger charge is -2.33. The summed E-state index contributed by atoms with van der Waals surface area (Å²) in [5, 5.41) is 2.78. The maximum Gasteiger partial charge on any atom is 0.317 e. The van der Waals surface area contributed by atoms with Gasteiger partial charge in [0.15, 0.2) is 0 Å². The molecular weight excluding hydrogens is 307 g/mol. The number of carbonyl (C=O) groups is 1. The smallest absolute Gasteiger partial charge is 0.317 e. The van der Waals surface area contributed by atoms with Gasteiger partial charge in [0.1, 0.15) is 5.82 Å². The first-order valence-corrected chi connectivity index (χ1v) is 8.79. The third kappa shape index (κ3) is 3.37. The number of carbonyl (C=O) groups excluding carboxylic acids is 1. The minimum Gasteiger partial charge on any atom is -0.338 e. The van der Waals surface area contributed by atoms with E-state index >= 15 is 0 Å². The third-order valence-electron chi connectivity index (χ3n) is 4.69. The SMILES string of the molecule is CCc1nc2ccccc2n1C1CCN(C(=O)NCCCF)CC1. The average Bonchev–Trinajstić information content (AvgIpc) is 3.00. The Balaban J connectivity index is 1.68. The number of aromatic nitrogens is 2. The summed E-state index contributed by atoms with van der Waals surface area (Å²) in [4.78, 5) is 18.7. The van der Waals surface area contributed by atoms with Crippen molar-refractivity contribution in [1.29, 1.82) is 0 Å². The summed E-state index contributed by atoms with van der Waals surface area (Å²) in [6, 6.07) is 8.54. The zero-order valence-electron chi connectivity index (χ0n) is 14.2. The second-order valence-corrected chi connectivity index (χ2v) is 6.23. The number of halogens is 1. The van der Waals surface area contributed by atoms with E-state index in [1.54, 1.807) is 0 Å². The van der Waals surface area contributed by atoms with Crippen LogP contribution in [-0.2, 0) is 6.42 Å². The van der Waals surface area contributed by atoms with Crippen LogP contribution in [0.15, 0.2) is 24.3 Å². The van der Waals surface area contributed by atoms with Gasteiger partial charge >= 0.3 is 6.03 Å². The molecule has 0 unspecified atom stereocenters. The van der Waals surface area contributed by atoms with Crippen molar-refractivity contribution in [3.63, 3.8) is 0 Å². The molecule has 1 N–H and O–H groups in total. The molecule has 1 aliphatic heterocycles. The monoisotopic (exact) mass is 332 g/mol. The molecule has 3 rings (SSSR count). The summed E-state index contributed by atoms with van der Waals surface area (Å²) < 4.78 is 14.5. The Morgan fingerprint density at radius 2 is 2.08 bits per heavy atom. The van der Waals surface area contributed by atoms with E-state index in [0.717, 1.165) is 43.7 Å². The molecule has 24 heavy (non-hydrogen) atoms. The van der Waals surface area contributed by atoms with E-state index in [1.165, 1.54) is 5.52 Å². The van der Waals surface area contributed by atoms with Gasteiger partial charge in [0.2, 0.25) is 0 Å². The lowest BCUT2D eigenvalue weighted by atomic mass is 10.0. The number of hydrogen-bond acceptors (Lipinski definition) is 2. The molecule has 1 aromatic carbocycles. The first-order chi connectivity index (χ1) is 11.7. The minimum atomic E-state index is -0.393. The number of urea groups is 1. The second-order valence-electron chi connectivity index (χ2n) is 6.23. The fourth-order valence-electron chi connectivity index (χ4n) is 3.45. The molecule has 1 aromatic heterocycles. The van der Waals surface area contributed by atoms with Crippen LogP contribution >= 0.6 is 0 Å². The van der Waals surface area contributed by atoms with Crippen LogP contribution < -0.4 is 5.32 Å². The number of amides is 2. The highest BCUT2D eigenvalue weighted by atomic mass is 19.1. The summed E-state index contributed by atoms with van der Waals surface area (Å²) in [6.07, 6.45) is 3.12. The van der Waals surface area contributed by atoms with Gasteiger partial charge in [-0.05, 0) is 31.4 Å². The molecule has 0 spiro atoms. The molecule has 1 saturated heterocycles. The molecule has 0 saturated carbocycles. The summed E-state index contributed by atoms with van der Waals surface area (Å²) in [5.41, 5.74) is 2.22. The molecule has 2 aromatic rings. The fourth-order valence-corrected chi connectivity index (χ4v) is 3.45. The van der Waals surface area contributed by atoms with Crippen molar-refractivity contribution in [3.8, 4) is 0 Å². The number of alkyl halides is 1. The maximum absolute atomic E-state index is 12.1. The number of aryl methyl sites for hydroxylation is 1. The number of rotatable bonds is 5. The number of fused-ring (bicyclic) bond motifs is 1. The molecule has 0 aliphatic carbocycles. The maximum atomic E-state index is 12.1. The number of para-hydroxylation sites is 2. The Morgan fingerprint density at radius 1 is 1.33 bits per heavy atom. The van der Waals surface area contributed by atoms with Crippen LogP contribution in [0.1, 0.15) is 38.1 Å². The molecule has 5 nitrogen and oxygen atoms in total. The quantitative estimate of drug-likeness (QED) is 0.854.